The third kappa shape index (κ3) is 5.91. The van der Waals surface area contributed by atoms with Crippen molar-refractivity contribution in [1.82, 2.24) is 4.90 Å². The van der Waals surface area contributed by atoms with Gasteiger partial charge in [-0.15, -0.1) is 0 Å². The SMILES string of the molecule is CC(CCCC(F)(F)F)N(CC(=O)O)C1CC1. The largest absolute Gasteiger partial charge is 0.480 e. The van der Waals surface area contributed by atoms with E-state index in [0.29, 0.717) is 6.42 Å². The maximum Gasteiger partial charge on any atom is 0.389 e. The van der Waals surface area contributed by atoms with Crippen molar-refractivity contribution >= 4 is 5.97 Å². The van der Waals surface area contributed by atoms with Crippen molar-refractivity contribution in [1.29, 1.82) is 0 Å². The molecule has 1 saturated carbocycles. The number of carbonyl (C=O) groups is 1. The molecule has 1 fully saturated rings. The molecule has 1 aliphatic carbocycles. The number of hydrogen-bond acceptors (Lipinski definition) is 2. The van der Waals surface area contributed by atoms with E-state index in [-0.39, 0.29) is 25.0 Å². The summed E-state index contributed by atoms with van der Waals surface area (Å²) in [6, 6.07) is 0.160. The quantitative estimate of drug-likeness (QED) is 0.758. The van der Waals surface area contributed by atoms with Gasteiger partial charge >= 0.3 is 12.1 Å². The van der Waals surface area contributed by atoms with Gasteiger partial charge < -0.3 is 5.11 Å². The Balaban J connectivity index is 2.32. The standard InChI is InChI=1S/C11H18F3NO2/c1-8(3-2-6-11(12,13)14)15(7-10(16)17)9-4-5-9/h8-9H,2-7H2,1H3,(H,16,17). The lowest BCUT2D eigenvalue weighted by molar-refractivity contribution is -0.140. The Labute approximate surface area is 98.6 Å². The molecule has 0 saturated heterocycles. The Hall–Kier alpha value is -0.780. The van der Waals surface area contributed by atoms with Gasteiger partial charge in [0.1, 0.15) is 0 Å². The van der Waals surface area contributed by atoms with Crippen LogP contribution in [0.4, 0.5) is 13.2 Å². The maximum atomic E-state index is 12.0. The van der Waals surface area contributed by atoms with Gasteiger partial charge in [0.2, 0.25) is 0 Å². The molecule has 0 heterocycles. The highest BCUT2D eigenvalue weighted by Gasteiger charge is 2.34. The first-order valence-corrected chi connectivity index (χ1v) is 5.84. The summed E-state index contributed by atoms with van der Waals surface area (Å²) in [5.74, 6) is -0.917. The van der Waals surface area contributed by atoms with E-state index in [1.54, 1.807) is 11.8 Å². The van der Waals surface area contributed by atoms with E-state index < -0.39 is 18.6 Å². The van der Waals surface area contributed by atoms with Crippen LogP contribution < -0.4 is 0 Å². The van der Waals surface area contributed by atoms with Crippen LogP contribution in [0.2, 0.25) is 0 Å². The smallest absolute Gasteiger partial charge is 0.389 e. The van der Waals surface area contributed by atoms with E-state index >= 15 is 0 Å². The van der Waals surface area contributed by atoms with Crippen molar-refractivity contribution in [3.63, 3.8) is 0 Å². The molecule has 1 rings (SSSR count). The summed E-state index contributed by atoms with van der Waals surface area (Å²) in [5, 5.41) is 8.74. The molecule has 0 aromatic rings. The van der Waals surface area contributed by atoms with Gasteiger partial charge in [0.15, 0.2) is 0 Å². The summed E-state index contributed by atoms with van der Waals surface area (Å²) in [6.07, 6.45) is -2.54. The molecular weight excluding hydrogens is 235 g/mol. The number of aliphatic carboxylic acids is 1. The van der Waals surface area contributed by atoms with Crippen LogP contribution in [0.3, 0.4) is 0 Å². The van der Waals surface area contributed by atoms with Crippen LogP contribution in [0.25, 0.3) is 0 Å². The molecule has 0 amide bonds. The van der Waals surface area contributed by atoms with Gasteiger partial charge in [-0.25, -0.2) is 0 Å². The van der Waals surface area contributed by atoms with Gasteiger partial charge in [0.25, 0.3) is 0 Å². The van der Waals surface area contributed by atoms with Crippen LogP contribution in [-0.2, 0) is 4.79 Å². The molecule has 0 radical (unpaired) electrons. The minimum Gasteiger partial charge on any atom is -0.480 e. The lowest BCUT2D eigenvalue weighted by atomic mass is 10.1. The van der Waals surface area contributed by atoms with E-state index in [4.69, 9.17) is 5.11 Å². The molecule has 3 nitrogen and oxygen atoms in total. The first kappa shape index (κ1) is 14.3. The fraction of sp³-hybridized carbons (Fsp3) is 0.909. The summed E-state index contributed by atoms with van der Waals surface area (Å²) < 4.78 is 35.9. The second kappa shape index (κ2) is 5.71. The summed E-state index contributed by atoms with van der Waals surface area (Å²) in [5.41, 5.74) is 0. The van der Waals surface area contributed by atoms with E-state index in [2.05, 4.69) is 0 Å². The second-order valence-electron chi connectivity index (χ2n) is 4.65. The lowest BCUT2D eigenvalue weighted by Gasteiger charge is -2.27. The molecule has 1 unspecified atom stereocenters. The third-order valence-electron chi connectivity index (χ3n) is 2.98. The number of carboxylic acids is 1. The fourth-order valence-electron chi connectivity index (χ4n) is 1.97. The summed E-state index contributed by atoms with van der Waals surface area (Å²) in [6.45, 7) is 1.73. The summed E-state index contributed by atoms with van der Waals surface area (Å²) in [4.78, 5) is 12.5. The zero-order valence-corrected chi connectivity index (χ0v) is 9.83. The van der Waals surface area contributed by atoms with Crippen LogP contribution in [0.1, 0.15) is 39.0 Å². The second-order valence-corrected chi connectivity index (χ2v) is 4.65. The molecule has 1 N–H and O–H groups in total. The zero-order chi connectivity index (χ0) is 13.1. The van der Waals surface area contributed by atoms with Gasteiger partial charge in [0.05, 0.1) is 6.54 Å². The molecule has 0 bridgehead atoms. The van der Waals surface area contributed by atoms with Crippen LogP contribution in [0, 0.1) is 0 Å². The van der Waals surface area contributed by atoms with Crippen LogP contribution in [0.5, 0.6) is 0 Å². The maximum absolute atomic E-state index is 12.0. The summed E-state index contributed by atoms with van der Waals surface area (Å²) in [7, 11) is 0. The number of nitrogens with zero attached hydrogens (tertiary/aromatic N) is 1. The Kier molecular flexibility index (Phi) is 4.80. The minimum absolute atomic E-state index is 0.0630. The zero-order valence-electron chi connectivity index (χ0n) is 9.83. The van der Waals surface area contributed by atoms with Crippen molar-refractivity contribution in [2.24, 2.45) is 0 Å². The molecule has 0 aromatic carbocycles. The van der Waals surface area contributed by atoms with Gasteiger partial charge in [0, 0.05) is 18.5 Å². The van der Waals surface area contributed by atoms with Crippen molar-refractivity contribution < 1.29 is 23.1 Å². The van der Waals surface area contributed by atoms with Crippen molar-refractivity contribution in [3.05, 3.63) is 0 Å². The molecule has 1 atom stereocenters. The number of halogens is 3. The number of alkyl halides is 3. The molecule has 0 aliphatic heterocycles. The summed E-state index contributed by atoms with van der Waals surface area (Å²) >= 11 is 0. The predicted molar refractivity (Wildman–Crippen MR) is 56.7 cm³/mol. The molecule has 0 aromatic heterocycles. The Morgan fingerprint density at radius 2 is 2.06 bits per heavy atom. The third-order valence-corrected chi connectivity index (χ3v) is 2.98. The normalized spacial score (nSPS) is 18.4. The van der Waals surface area contributed by atoms with E-state index in [1.807, 2.05) is 0 Å². The van der Waals surface area contributed by atoms with Crippen molar-refractivity contribution in [2.75, 3.05) is 6.54 Å². The Morgan fingerprint density at radius 3 is 2.47 bits per heavy atom. The number of carboxylic acid groups (broad SMARTS) is 1. The van der Waals surface area contributed by atoms with Crippen molar-refractivity contribution in [2.45, 2.75) is 57.3 Å². The van der Waals surface area contributed by atoms with E-state index in [9.17, 15) is 18.0 Å². The van der Waals surface area contributed by atoms with Gasteiger partial charge in [-0.05, 0) is 32.6 Å². The molecule has 0 spiro atoms. The molecule has 6 heteroatoms. The number of rotatable bonds is 7. The van der Waals surface area contributed by atoms with Crippen LogP contribution >= 0.6 is 0 Å². The monoisotopic (exact) mass is 253 g/mol. The fourth-order valence-corrected chi connectivity index (χ4v) is 1.97. The van der Waals surface area contributed by atoms with Gasteiger partial charge in [-0.1, -0.05) is 0 Å². The first-order chi connectivity index (χ1) is 7.79. The average molecular weight is 253 g/mol. The Bertz CT molecular complexity index is 264. The molecule has 17 heavy (non-hydrogen) atoms. The van der Waals surface area contributed by atoms with E-state index in [0.717, 1.165) is 12.8 Å². The average Bonchev–Trinajstić information content (AvgIpc) is 2.94. The number of hydrogen-bond donors (Lipinski definition) is 1. The van der Waals surface area contributed by atoms with E-state index in [1.165, 1.54) is 0 Å². The molecule has 1 aliphatic rings. The van der Waals surface area contributed by atoms with Gasteiger partial charge in [-0.2, -0.15) is 13.2 Å². The highest BCUT2D eigenvalue weighted by molar-refractivity contribution is 5.69. The topological polar surface area (TPSA) is 40.5 Å². The highest BCUT2D eigenvalue weighted by atomic mass is 19.4. The van der Waals surface area contributed by atoms with Crippen LogP contribution in [-0.4, -0.2) is 40.8 Å². The lowest BCUT2D eigenvalue weighted by Crippen LogP contribution is -2.39. The first-order valence-electron chi connectivity index (χ1n) is 5.84. The van der Waals surface area contributed by atoms with Crippen molar-refractivity contribution in [3.8, 4) is 0 Å². The molecule has 100 valence electrons. The molecular formula is C11H18F3NO2. The van der Waals surface area contributed by atoms with Crippen LogP contribution in [0.15, 0.2) is 0 Å². The highest BCUT2D eigenvalue weighted by Crippen LogP contribution is 2.30. The Morgan fingerprint density at radius 1 is 1.47 bits per heavy atom. The predicted octanol–water partition coefficient (Wildman–Crippen LogP) is 2.66. The van der Waals surface area contributed by atoms with Gasteiger partial charge in [-0.3, -0.25) is 9.69 Å². The minimum atomic E-state index is -4.11.